The number of nitrogens with one attached hydrogen (secondary N) is 1. The van der Waals surface area contributed by atoms with Crippen molar-refractivity contribution in [2.24, 2.45) is 0 Å². The van der Waals surface area contributed by atoms with E-state index in [4.69, 9.17) is 21.1 Å². The van der Waals surface area contributed by atoms with Crippen LogP contribution in [-0.2, 0) is 4.79 Å². The van der Waals surface area contributed by atoms with Gasteiger partial charge in [-0.3, -0.25) is 9.20 Å². The number of benzene rings is 1. The van der Waals surface area contributed by atoms with Crippen LogP contribution in [0.1, 0.15) is 12.6 Å². The average Bonchev–Trinajstić information content (AvgIpc) is 2.96. The Labute approximate surface area is 156 Å². The van der Waals surface area contributed by atoms with E-state index in [9.17, 15) is 4.79 Å². The number of aromatic nitrogens is 2. The number of fused-ring (bicyclic) bond motifs is 1. The standard InChI is InChI=1S/C19H18ClN3O3/c1-3-26-15-9-7-13(12-16(15)25-2)21-18(24)10-8-14-19(20)22-17-6-4-5-11-23(14)17/h4-12H,3H2,1-2H3,(H,21,24)/b10-8+. The van der Waals surface area contributed by atoms with Crippen LogP contribution in [0.4, 0.5) is 5.69 Å². The normalized spacial score (nSPS) is 11.0. The lowest BCUT2D eigenvalue weighted by Crippen LogP contribution is -2.08. The molecule has 1 N–H and O–H groups in total. The van der Waals surface area contributed by atoms with Gasteiger partial charge in [0.05, 0.1) is 19.4 Å². The first-order valence-corrected chi connectivity index (χ1v) is 8.42. The fraction of sp³-hybridized carbons (Fsp3) is 0.158. The van der Waals surface area contributed by atoms with Gasteiger partial charge in [-0.1, -0.05) is 17.7 Å². The first-order chi connectivity index (χ1) is 12.6. The molecule has 7 heteroatoms. The van der Waals surface area contributed by atoms with Gasteiger partial charge in [0.1, 0.15) is 5.65 Å². The zero-order valence-electron chi connectivity index (χ0n) is 14.4. The number of halogens is 1. The number of hydrogen-bond donors (Lipinski definition) is 1. The largest absolute Gasteiger partial charge is 0.493 e. The molecule has 2 heterocycles. The monoisotopic (exact) mass is 371 g/mol. The summed E-state index contributed by atoms with van der Waals surface area (Å²) in [6, 6.07) is 10.8. The van der Waals surface area contributed by atoms with Crippen molar-refractivity contribution in [1.82, 2.24) is 9.38 Å². The number of amides is 1. The van der Waals surface area contributed by atoms with Gasteiger partial charge in [0.2, 0.25) is 5.91 Å². The maximum absolute atomic E-state index is 12.2. The lowest BCUT2D eigenvalue weighted by Gasteiger charge is -2.11. The molecule has 26 heavy (non-hydrogen) atoms. The Balaban J connectivity index is 1.76. The van der Waals surface area contributed by atoms with Gasteiger partial charge >= 0.3 is 0 Å². The molecule has 134 valence electrons. The summed E-state index contributed by atoms with van der Waals surface area (Å²) < 4.78 is 12.6. The predicted octanol–water partition coefficient (Wildman–Crippen LogP) is 4.05. The summed E-state index contributed by atoms with van der Waals surface area (Å²) in [7, 11) is 1.55. The van der Waals surface area contributed by atoms with E-state index in [-0.39, 0.29) is 5.91 Å². The number of ether oxygens (including phenoxy) is 2. The highest BCUT2D eigenvalue weighted by Crippen LogP contribution is 2.30. The van der Waals surface area contributed by atoms with E-state index in [1.807, 2.05) is 35.7 Å². The van der Waals surface area contributed by atoms with Crippen LogP contribution in [0, 0.1) is 0 Å². The molecule has 0 spiro atoms. The third-order valence-corrected chi connectivity index (χ3v) is 3.92. The second-order valence-electron chi connectivity index (χ2n) is 5.34. The maximum Gasteiger partial charge on any atom is 0.248 e. The van der Waals surface area contributed by atoms with Crippen LogP contribution < -0.4 is 14.8 Å². The first-order valence-electron chi connectivity index (χ1n) is 8.05. The van der Waals surface area contributed by atoms with Gasteiger partial charge in [0, 0.05) is 24.0 Å². The van der Waals surface area contributed by atoms with Gasteiger partial charge in [-0.25, -0.2) is 4.98 Å². The molecule has 0 radical (unpaired) electrons. The number of pyridine rings is 1. The second-order valence-corrected chi connectivity index (χ2v) is 5.70. The number of methoxy groups -OCH3 is 1. The van der Waals surface area contributed by atoms with Crippen molar-refractivity contribution < 1.29 is 14.3 Å². The topological polar surface area (TPSA) is 64.9 Å². The van der Waals surface area contributed by atoms with Crippen LogP contribution >= 0.6 is 11.6 Å². The number of carbonyl (C=O) groups is 1. The smallest absolute Gasteiger partial charge is 0.248 e. The van der Waals surface area contributed by atoms with Crippen LogP contribution in [0.15, 0.2) is 48.7 Å². The highest BCUT2D eigenvalue weighted by molar-refractivity contribution is 6.31. The molecule has 0 aliphatic carbocycles. The zero-order chi connectivity index (χ0) is 18.5. The Bertz CT molecular complexity index is 966. The molecule has 0 unspecified atom stereocenters. The molecule has 0 atom stereocenters. The van der Waals surface area contributed by atoms with E-state index < -0.39 is 0 Å². The van der Waals surface area contributed by atoms with Crippen molar-refractivity contribution in [2.75, 3.05) is 19.0 Å². The van der Waals surface area contributed by atoms with Crippen molar-refractivity contribution in [2.45, 2.75) is 6.92 Å². The fourth-order valence-corrected chi connectivity index (χ4v) is 2.73. The molecule has 0 saturated carbocycles. The quantitative estimate of drug-likeness (QED) is 0.664. The minimum atomic E-state index is -0.293. The van der Waals surface area contributed by atoms with Gasteiger partial charge in [-0.2, -0.15) is 0 Å². The summed E-state index contributed by atoms with van der Waals surface area (Å²) in [6.07, 6.45) is 4.87. The van der Waals surface area contributed by atoms with E-state index in [0.717, 1.165) is 0 Å². The van der Waals surface area contributed by atoms with Gasteiger partial charge in [0.25, 0.3) is 0 Å². The Hall–Kier alpha value is -2.99. The summed E-state index contributed by atoms with van der Waals surface area (Å²) in [5, 5.41) is 3.12. The average molecular weight is 372 g/mol. The molecule has 0 saturated heterocycles. The van der Waals surface area contributed by atoms with Crippen LogP contribution in [0.5, 0.6) is 11.5 Å². The van der Waals surface area contributed by atoms with Gasteiger partial charge < -0.3 is 14.8 Å². The molecule has 0 aliphatic heterocycles. The van der Waals surface area contributed by atoms with Crippen molar-refractivity contribution >= 4 is 34.9 Å². The molecule has 0 bridgehead atoms. The molecule has 2 aromatic heterocycles. The lowest BCUT2D eigenvalue weighted by molar-refractivity contribution is -0.111. The van der Waals surface area contributed by atoms with Crippen LogP contribution in [0.2, 0.25) is 5.15 Å². The van der Waals surface area contributed by atoms with Crippen LogP contribution in [-0.4, -0.2) is 29.0 Å². The van der Waals surface area contributed by atoms with E-state index in [1.165, 1.54) is 6.08 Å². The Morgan fingerprint density at radius 3 is 2.92 bits per heavy atom. The highest BCUT2D eigenvalue weighted by atomic mass is 35.5. The third kappa shape index (κ3) is 3.81. The molecule has 6 nitrogen and oxygen atoms in total. The predicted molar refractivity (Wildman–Crippen MR) is 102 cm³/mol. The van der Waals surface area contributed by atoms with E-state index >= 15 is 0 Å². The zero-order valence-corrected chi connectivity index (χ0v) is 15.2. The van der Waals surface area contributed by atoms with Gasteiger partial charge in [-0.15, -0.1) is 0 Å². The number of rotatable bonds is 6. The number of hydrogen-bond acceptors (Lipinski definition) is 4. The minimum absolute atomic E-state index is 0.293. The second kappa shape index (κ2) is 7.93. The molecule has 1 aromatic carbocycles. The number of imidazole rings is 1. The van der Waals surface area contributed by atoms with Crippen molar-refractivity contribution in [3.8, 4) is 11.5 Å². The molecule has 0 fully saturated rings. The highest BCUT2D eigenvalue weighted by Gasteiger charge is 2.09. The summed E-state index contributed by atoms with van der Waals surface area (Å²) in [6.45, 7) is 2.43. The maximum atomic E-state index is 12.2. The summed E-state index contributed by atoms with van der Waals surface area (Å²) in [5.74, 6) is 0.887. The third-order valence-electron chi connectivity index (χ3n) is 3.65. The minimum Gasteiger partial charge on any atom is -0.493 e. The van der Waals surface area contributed by atoms with Crippen molar-refractivity contribution in [3.63, 3.8) is 0 Å². The van der Waals surface area contributed by atoms with Crippen LogP contribution in [0.3, 0.4) is 0 Å². The lowest BCUT2D eigenvalue weighted by atomic mass is 10.2. The summed E-state index contributed by atoms with van der Waals surface area (Å²) in [4.78, 5) is 16.5. The molecule has 1 amide bonds. The summed E-state index contributed by atoms with van der Waals surface area (Å²) in [5.41, 5.74) is 1.96. The molecular formula is C19H18ClN3O3. The van der Waals surface area contributed by atoms with Crippen molar-refractivity contribution in [1.29, 1.82) is 0 Å². The first kappa shape index (κ1) is 17.8. The summed E-state index contributed by atoms with van der Waals surface area (Å²) >= 11 is 6.15. The van der Waals surface area contributed by atoms with E-state index in [2.05, 4.69) is 10.3 Å². The van der Waals surface area contributed by atoms with Crippen LogP contribution in [0.25, 0.3) is 11.7 Å². The number of nitrogens with zero attached hydrogens (tertiary/aromatic N) is 2. The fourth-order valence-electron chi connectivity index (χ4n) is 2.49. The molecule has 0 aliphatic rings. The Morgan fingerprint density at radius 1 is 1.31 bits per heavy atom. The number of carbonyl (C=O) groups excluding carboxylic acids is 1. The molecule has 3 aromatic rings. The van der Waals surface area contributed by atoms with Gasteiger partial charge in [-0.05, 0) is 37.3 Å². The molecular weight excluding hydrogens is 354 g/mol. The van der Waals surface area contributed by atoms with E-state index in [1.54, 1.807) is 31.4 Å². The molecule has 3 rings (SSSR count). The van der Waals surface area contributed by atoms with Crippen molar-refractivity contribution in [3.05, 3.63) is 59.5 Å². The van der Waals surface area contributed by atoms with Gasteiger partial charge in [0.15, 0.2) is 16.7 Å². The number of anilines is 1. The van der Waals surface area contributed by atoms with E-state index in [0.29, 0.717) is 40.3 Å². The Morgan fingerprint density at radius 2 is 2.15 bits per heavy atom. The Kier molecular flexibility index (Phi) is 5.43. The SMILES string of the molecule is CCOc1ccc(NC(=O)/C=C/c2c(Cl)nc3ccccn23)cc1OC.